The third-order valence-corrected chi connectivity index (χ3v) is 4.76. The third-order valence-electron chi connectivity index (χ3n) is 4.76. The molecule has 130 valence electrons. The van der Waals surface area contributed by atoms with Gasteiger partial charge in [-0.1, -0.05) is 42.5 Å². The Labute approximate surface area is 152 Å². The van der Waals surface area contributed by atoms with Crippen molar-refractivity contribution in [2.45, 2.75) is 12.3 Å². The van der Waals surface area contributed by atoms with Gasteiger partial charge in [-0.2, -0.15) is 5.26 Å². The van der Waals surface area contributed by atoms with E-state index >= 15 is 0 Å². The summed E-state index contributed by atoms with van der Waals surface area (Å²) in [6.45, 7) is 1.70. The SMILES string of the molecule is COc1ccccc1-n1nc(C#N)c(N2CCC(c3ccccc3)C2)n1. The van der Waals surface area contributed by atoms with Crippen molar-refractivity contribution in [1.29, 1.82) is 5.26 Å². The molecule has 6 heteroatoms. The molecule has 4 rings (SSSR count). The molecule has 1 aromatic heterocycles. The predicted molar refractivity (Wildman–Crippen MR) is 98.6 cm³/mol. The molecule has 1 aliphatic rings. The summed E-state index contributed by atoms with van der Waals surface area (Å²) in [5, 5.41) is 18.5. The zero-order chi connectivity index (χ0) is 17.9. The number of anilines is 1. The lowest BCUT2D eigenvalue weighted by Gasteiger charge is -2.15. The van der Waals surface area contributed by atoms with Gasteiger partial charge >= 0.3 is 0 Å². The highest BCUT2D eigenvalue weighted by Gasteiger charge is 2.28. The van der Waals surface area contributed by atoms with Crippen LogP contribution in [0.15, 0.2) is 54.6 Å². The lowest BCUT2D eigenvalue weighted by molar-refractivity contribution is 0.410. The molecule has 0 saturated carbocycles. The Morgan fingerprint density at radius 2 is 1.85 bits per heavy atom. The van der Waals surface area contributed by atoms with Gasteiger partial charge in [0.2, 0.25) is 5.69 Å². The Hall–Kier alpha value is -3.33. The normalized spacial score (nSPS) is 16.5. The van der Waals surface area contributed by atoms with Gasteiger partial charge in [-0.15, -0.1) is 15.0 Å². The summed E-state index contributed by atoms with van der Waals surface area (Å²) >= 11 is 0. The van der Waals surface area contributed by atoms with Crippen LogP contribution < -0.4 is 9.64 Å². The van der Waals surface area contributed by atoms with E-state index in [1.54, 1.807) is 7.11 Å². The third kappa shape index (κ3) is 2.88. The van der Waals surface area contributed by atoms with Crippen LogP contribution in [0.1, 0.15) is 23.6 Å². The van der Waals surface area contributed by atoms with Crippen molar-refractivity contribution in [1.82, 2.24) is 15.0 Å². The summed E-state index contributed by atoms with van der Waals surface area (Å²) in [7, 11) is 1.61. The van der Waals surface area contributed by atoms with Crippen molar-refractivity contribution in [3.63, 3.8) is 0 Å². The molecule has 2 heterocycles. The van der Waals surface area contributed by atoms with Crippen molar-refractivity contribution >= 4 is 5.82 Å². The number of hydrogen-bond acceptors (Lipinski definition) is 5. The van der Waals surface area contributed by atoms with E-state index in [2.05, 4.69) is 45.4 Å². The van der Waals surface area contributed by atoms with Crippen LogP contribution in [0.2, 0.25) is 0 Å². The van der Waals surface area contributed by atoms with Crippen molar-refractivity contribution in [2.24, 2.45) is 0 Å². The first-order valence-corrected chi connectivity index (χ1v) is 8.61. The highest BCUT2D eigenvalue weighted by molar-refractivity contribution is 5.53. The number of hydrogen-bond donors (Lipinski definition) is 0. The minimum Gasteiger partial charge on any atom is -0.494 e. The quantitative estimate of drug-likeness (QED) is 0.727. The van der Waals surface area contributed by atoms with Crippen LogP contribution in [0.25, 0.3) is 5.69 Å². The number of rotatable bonds is 4. The highest BCUT2D eigenvalue weighted by Crippen LogP contribution is 2.31. The molecule has 1 saturated heterocycles. The van der Waals surface area contributed by atoms with Gasteiger partial charge in [0.25, 0.3) is 0 Å². The maximum Gasteiger partial charge on any atom is 0.207 e. The zero-order valence-electron chi connectivity index (χ0n) is 14.5. The van der Waals surface area contributed by atoms with Gasteiger partial charge in [-0.25, -0.2) is 0 Å². The average Bonchev–Trinajstić information content (AvgIpc) is 3.35. The Morgan fingerprint density at radius 3 is 2.62 bits per heavy atom. The van der Waals surface area contributed by atoms with E-state index in [0.29, 0.717) is 23.2 Å². The minimum absolute atomic E-state index is 0.338. The van der Waals surface area contributed by atoms with Crippen LogP contribution in [0.3, 0.4) is 0 Å². The number of aromatic nitrogens is 3. The van der Waals surface area contributed by atoms with Gasteiger partial charge in [0, 0.05) is 19.0 Å². The Bertz CT molecular complexity index is 944. The number of methoxy groups -OCH3 is 1. The maximum atomic E-state index is 9.52. The molecule has 1 fully saturated rings. The molecule has 0 radical (unpaired) electrons. The Balaban J connectivity index is 1.64. The Kier molecular flexibility index (Phi) is 4.28. The van der Waals surface area contributed by atoms with E-state index in [4.69, 9.17) is 4.74 Å². The average molecular weight is 345 g/mol. The van der Waals surface area contributed by atoms with Crippen molar-refractivity contribution < 1.29 is 4.74 Å². The highest BCUT2D eigenvalue weighted by atomic mass is 16.5. The summed E-state index contributed by atoms with van der Waals surface area (Å²) < 4.78 is 5.39. The first-order valence-electron chi connectivity index (χ1n) is 8.61. The fraction of sp³-hybridized carbons (Fsp3) is 0.250. The molecule has 1 aliphatic heterocycles. The lowest BCUT2D eigenvalue weighted by Crippen LogP contribution is -2.20. The maximum absolute atomic E-state index is 9.52. The molecule has 6 nitrogen and oxygen atoms in total. The standard InChI is InChI=1S/C20H19N5O/c1-26-19-10-6-5-9-18(19)25-22-17(13-21)20(23-25)24-12-11-16(14-24)15-7-3-2-4-8-15/h2-10,16H,11-12,14H2,1H3. The molecule has 0 amide bonds. The fourth-order valence-corrected chi connectivity index (χ4v) is 3.44. The van der Waals surface area contributed by atoms with Crippen molar-refractivity contribution in [2.75, 3.05) is 25.1 Å². The monoisotopic (exact) mass is 345 g/mol. The summed E-state index contributed by atoms with van der Waals surface area (Å²) in [6, 6.07) is 20.2. The molecule has 1 atom stereocenters. The second-order valence-corrected chi connectivity index (χ2v) is 6.29. The molecular weight excluding hydrogens is 326 g/mol. The van der Waals surface area contributed by atoms with E-state index < -0.39 is 0 Å². The van der Waals surface area contributed by atoms with Gasteiger partial charge in [-0.05, 0) is 24.1 Å². The van der Waals surface area contributed by atoms with E-state index in [-0.39, 0.29) is 0 Å². The number of nitrogens with zero attached hydrogens (tertiary/aromatic N) is 5. The molecule has 0 aliphatic carbocycles. The van der Waals surface area contributed by atoms with Crippen LogP contribution in [0.5, 0.6) is 5.75 Å². The van der Waals surface area contributed by atoms with Crippen LogP contribution in [0.4, 0.5) is 5.82 Å². The first kappa shape index (κ1) is 16.2. The molecule has 0 N–H and O–H groups in total. The van der Waals surface area contributed by atoms with E-state index in [9.17, 15) is 5.26 Å². The summed E-state index contributed by atoms with van der Waals surface area (Å²) in [4.78, 5) is 3.64. The number of nitriles is 1. The number of benzene rings is 2. The summed E-state index contributed by atoms with van der Waals surface area (Å²) in [6.07, 6.45) is 1.04. The fourth-order valence-electron chi connectivity index (χ4n) is 3.44. The largest absolute Gasteiger partial charge is 0.494 e. The van der Waals surface area contributed by atoms with E-state index in [0.717, 1.165) is 25.2 Å². The van der Waals surface area contributed by atoms with Gasteiger partial charge in [0.15, 0.2) is 5.82 Å². The summed E-state index contributed by atoms with van der Waals surface area (Å²) in [5.41, 5.74) is 2.38. The Morgan fingerprint density at radius 1 is 1.08 bits per heavy atom. The number of ether oxygens (including phenoxy) is 1. The molecule has 3 aromatic rings. The van der Waals surface area contributed by atoms with Crippen molar-refractivity contribution in [3.05, 3.63) is 65.9 Å². The number of para-hydroxylation sites is 2. The molecule has 0 bridgehead atoms. The molecule has 26 heavy (non-hydrogen) atoms. The van der Waals surface area contributed by atoms with Crippen LogP contribution in [-0.2, 0) is 0 Å². The second kappa shape index (κ2) is 6.89. The van der Waals surface area contributed by atoms with Gasteiger partial charge < -0.3 is 9.64 Å². The molecule has 2 aromatic carbocycles. The molecule has 1 unspecified atom stereocenters. The lowest BCUT2D eigenvalue weighted by atomic mass is 9.99. The van der Waals surface area contributed by atoms with Crippen LogP contribution >= 0.6 is 0 Å². The van der Waals surface area contributed by atoms with E-state index in [1.807, 2.05) is 30.3 Å². The van der Waals surface area contributed by atoms with E-state index in [1.165, 1.54) is 10.4 Å². The van der Waals surface area contributed by atoms with Crippen LogP contribution in [0, 0.1) is 11.3 Å². The van der Waals surface area contributed by atoms with Crippen molar-refractivity contribution in [3.8, 4) is 17.5 Å². The molecule has 0 spiro atoms. The second-order valence-electron chi connectivity index (χ2n) is 6.29. The minimum atomic E-state index is 0.338. The zero-order valence-corrected chi connectivity index (χ0v) is 14.5. The van der Waals surface area contributed by atoms with Gasteiger partial charge in [0.05, 0.1) is 7.11 Å². The van der Waals surface area contributed by atoms with Gasteiger partial charge in [-0.3, -0.25) is 0 Å². The predicted octanol–water partition coefficient (Wildman–Crippen LogP) is 3.14. The summed E-state index contributed by atoms with van der Waals surface area (Å²) in [5.74, 6) is 1.75. The first-order chi connectivity index (χ1) is 12.8. The molecular formula is C20H19N5O. The van der Waals surface area contributed by atoms with Gasteiger partial charge in [0.1, 0.15) is 17.5 Å². The smallest absolute Gasteiger partial charge is 0.207 e. The van der Waals surface area contributed by atoms with Crippen LogP contribution in [-0.4, -0.2) is 35.2 Å². The topological polar surface area (TPSA) is 67.0 Å².